The third-order valence-corrected chi connectivity index (χ3v) is 3.13. The fourth-order valence-corrected chi connectivity index (χ4v) is 2.17. The van der Waals surface area contributed by atoms with E-state index in [1.54, 1.807) is 6.07 Å². The predicted octanol–water partition coefficient (Wildman–Crippen LogP) is 1.13. The number of amides is 2. The minimum absolute atomic E-state index is 0.0581. The molecule has 0 saturated carbocycles. The van der Waals surface area contributed by atoms with Crippen molar-refractivity contribution in [2.24, 2.45) is 0 Å². The van der Waals surface area contributed by atoms with E-state index < -0.39 is 0 Å². The maximum absolute atomic E-state index is 12.1. The first-order chi connectivity index (χ1) is 9.20. The molecule has 1 unspecified atom stereocenters. The molecular formula is C14H19N3O2. The quantitative estimate of drug-likeness (QED) is 0.744. The highest BCUT2D eigenvalue weighted by atomic mass is 16.2. The summed E-state index contributed by atoms with van der Waals surface area (Å²) in [7, 11) is 0. The molecule has 0 spiro atoms. The summed E-state index contributed by atoms with van der Waals surface area (Å²) >= 11 is 0. The number of anilines is 1. The van der Waals surface area contributed by atoms with Crippen molar-refractivity contribution in [3.63, 3.8) is 0 Å². The molecule has 1 heterocycles. The van der Waals surface area contributed by atoms with E-state index in [9.17, 15) is 9.59 Å². The van der Waals surface area contributed by atoms with Crippen LogP contribution in [0.15, 0.2) is 24.3 Å². The van der Waals surface area contributed by atoms with Crippen molar-refractivity contribution < 1.29 is 9.59 Å². The van der Waals surface area contributed by atoms with Gasteiger partial charge in [-0.25, -0.2) is 0 Å². The Morgan fingerprint density at radius 3 is 2.89 bits per heavy atom. The van der Waals surface area contributed by atoms with Crippen LogP contribution in [0.4, 0.5) is 5.69 Å². The second-order valence-corrected chi connectivity index (χ2v) is 4.59. The lowest BCUT2D eigenvalue weighted by molar-refractivity contribution is -0.119. The summed E-state index contributed by atoms with van der Waals surface area (Å²) < 4.78 is 0. The molecule has 5 heteroatoms. The molecule has 0 radical (unpaired) electrons. The molecule has 1 aliphatic rings. The second-order valence-electron chi connectivity index (χ2n) is 4.59. The van der Waals surface area contributed by atoms with Gasteiger partial charge in [-0.15, -0.1) is 0 Å². The zero-order valence-electron chi connectivity index (χ0n) is 11.0. The minimum atomic E-state index is -0.113. The van der Waals surface area contributed by atoms with E-state index in [1.165, 1.54) is 0 Å². The monoisotopic (exact) mass is 261 g/mol. The molecule has 0 bridgehead atoms. The van der Waals surface area contributed by atoms with Gasteiger partial charge in [0.2, 0.25) is 5.91 Å². The van der Waals surface area contributed by atoms with Crippen molar-refractivity contribution in [3.05, 3.63) is 29.8 Å². The molecule has 2 rings (SSSR count). The van der Waals surface area contributed by atoms with Gasteiger partial charge in [-0.2, -0.15) is 0 Å². The molecule has 1 aromatic carbocycles. The highest BCUT2D eigenvalue weighted by molar-refractivity contribution is 5.99. The van der Waals surface area contributed by atoms with Crippen molar-refractivity contribution in [3.8, 4) is 0 Å². The van der Waals surface area contributed by atoms with Crippen LogP contribution in [0.3, 0.4) is 0 Å². The number of benzene rings is 1. The average molecular weight is 261 g/mol. The Labute approximate surface area is 112 Å². The fraction of sp³-hybridized carbons (Fsp3) is 0.429. The van der Waals surface area contributed by atoms with E-state index in [0.29, 0.717) is 18.5 Å². The summed E-state index contributed by atoms with van der Waals surface area (Å²) in [5.41, 5.74) is 1.46. The summed E-state index contributed by atoms with van der Waals surface area (Å²) in [6.45, 7) is 3.23. The highest BCUT2D eigenvalue weighted by Crippen LogP contribution is 2.14. The van der Waals surface area contributed by atoms with Gasteiger partial charge in [-0.05, 0) is 25.5 Å². The van der Waals surface area contributed by atoms with E-state index in [-0.39, 0.29) is 17.9 Å². The minimum Gasteiger partial charge on any atom is -0.385 e. The van der Waals surface area contributed by atoms with Crippen LogP contribution >= 0.6 is 0 Å². The lowest BCUT2D eigenvalue weighted by Crippen LogP contribution is -2.38. The number of carbonyl (C=O) groups is 2. The van der Waals surface area contributed by atoms with E-state index >= 15 is 0 Å². The highest BCUT2D eigenvalue weighted by Gasteiger charge is 2.21. The van der Waals surface area contributed by atoms with Crippen molar-refractivity contribution >= 4 is 17.5 Å². The van der Waals surface area contributed by atoms with Gasteiger partial charge in [0, 0.05) is 31.2 Å². The summed E-state index contributed by atoms with van der Waals surface area (Å²) in [6, 6.07) is 7.47. The number of rotatable bonds is 5. The van der Waals surface area contributed by atoms with Gasteiger partial charge in [-0.3, -0.25) is 9.59 Å². The molecule has 2 amide bonds. The molecule has 1 aliphatic heterocycles. The number of hydrogen-bond acceptors (Lipinski definition) is 3. The van der Waals surface area contributed by atoms with Crippen LogP contribution in [0.25, 0.3) is 0 Å². The Balaban J connectivity index is 1.94. The Morgan fingerprint density at radius 2 is 2.21 bits per heavy atom. The van der Waals surface area contributed by atoms with Crippen molar-refractivity contribution in [2.75, 3.05) is 18.4 Å². The molecular weight excluding hydrogens is 242 g/mol. The van der Waals surface area contributed by atoms with Gasteiger partial charge < -0.3 is 16.0 Å². The molecule has 102 valence electrons. The van der Waals surface area contributed by atoms with Crippen LogP contribution in [0.2, 0.25) is 0 Å². The number of hydrogen-bond donors (Lipinski definition) is 3. The Kier molecular flexibility index (Phi) is 4.39. The maximum Gasteiger partial charge on any atom is 0.253 e. The summed E-state index contributed by atoms with van der Waals surface area (Å²) in [4.78, 5) is 23.2. The standard InChI is InChI=1S/C14H19N3O2/c1-2-15-12-6-4-3-5-11(12)14(19)16-9-10-7-8-13(18)17-10/h3-6,10,15H,2,7-9H2,1H3,(H,16,19)(H,17,18). The number of nitrogens with one attached hydrogen (secondary N) is 3. The summed E-state index contributed by atoms with van der Waals surface area (Å²) in [6.07, 6.45) is 1.34. The largest absolute Gasteiger partial charge is 0.385 e. The average Bonchev–Trinajstić information content (AvgIpc) is 2.83. The Morgan fingerprint density at radius 1 is 1.42 bits per heavy atom. The van der Waals surface area contributed by atoms with E-state index in [4.69, 9.17) is 0 Å². The third-order valence-electron chi connectivity index (χ3n) is 3.13. The van der Waals surface area contributed by atoms with Crippen LogP contribution in [-0.2, 0) is 4.79 Å². The van der Waals surface area contributed by atoms with Crippen LogP contribution in [-0.4, -0.2) is 30.9 Å². The van der Waals surface area contributed by atoms with E-state index in [2.05, 4.69) is 16.0 Å². The predicted molar refractivity (Wildman–Crippen MR) is 74.1 cm³/mol. The Hall–Kier alpha value is -2.04. The molecule has 19 heavy (non-hydrogen) atoms. The van der Waals surface area contributed by atoms with Crippen molar-refractivity contribution in [1.29, 1.82) is 0 Å². The van der Waals surface area contributed by atoms with Gasteiger partial charge in [0.15, 0.2) is 0 Å². The summed E-state index contributed by atoms with van der Waals surface area (Å²) in [5, 5.41) is 8.86. The molecule has 0 aliphatic carbocycles. The van der Waals surface area contributed by atoms with Gasteiger partial charge in [0.25, 0.3) is 5.91 Å². The molecule has 0 aromatic heterocycles. The van der Waals surface area contributed by atoms with Crippen molar-refractivity contribution in [2.45, 2.75) is 25.8 Å². The topological polar surface area (TPSA) is 70.2 Å². The van der Waals surface area contributed by atoms with Crippen LogP contribution in [0.5, 0.6) is 0 Å². The van der Waals surface area contributed by atoms with Crippen LogP contribution in [0, 0.1) is 0 Å². The first-order valence-electron chi connectivity index (χ1n) is 6.61. The zero-order chi connectivity index (χ0) is 13.7. The van der Waals surface area contributed by atoms with Gasteiger partial charge in [-0.1, -0.05) is 12.1 Å². The number of carbonyl (C=O) groups excluding carboxylic acids is 2. The van der Waals surface area contributed by atoms with Gasteiger partial charge in [0.1, 0.15) is 0 Å². The maximum atomic E-state index is 12.1. The fourth-order valence-electron chi connectivity index (χ4n) is 2.17. The normalized spacial score (nSPS) is 17.9. The lowest BCUT2D eigenvalue weighted by atomic mass is 10.1. The zero-order valence-corrected chi connectivity index (χ0v) is 11.0. The molecule has 3 N–H and O–H groups in total. The molecule has 1 atom stereocenters. The lowest BCUT2D eigenvalue weighted by Gasteiger charge is -2.13. The van der Waals surface area contributed by atoms with E-state index in [1.807, 2.05) is 25.1 Å². The third kappa shape index (κ3) is 3.47. The molecule has 1 saturated heterocycles. The Bertz CT molecular complexity index is 474. The summed E-state index contributed by atoms with van der Waals surface area (Å²) in [5.74, 6) is -0.0509. The second kappa shape index (κ2) is 6.22. The van der Waals surface area contributed by atoms with Crippen LogP contribution in [0.1, 0.15) is 30.1 Å². The first kappa shape index (κ1) is 13.4. The molecule has 1 aromatic rings. The first-order valence-corrected chi connectivity index (χ1v) is 6.61. The molecule has 5 nitrogen and oxygen atoms in total. The SMILES string of the molecule is CCNc1ccccc1C(=O)NCC1CCC(=O)N1. The van der Waals surface area contributed by atoms with Crippen LogP contribution < -0.4 is 16.0 Å². The van der Waals surface area contributed by atoms with Gasteiger partial charge >= 0.3 is 0 Å². The van der Waals surface area contributed by atoms with E-state index in [0.717, 1.165) is 18.7 Å². The van der Waals surface area contributed by atoms with Gasteiger partial charge in [0.05, 0.1) is 5.56 Å². The molecule has 1 fully saturated rings. The smallest absolute Gasteiger partial charge is 0.253 e. The van der Waals surface area contributed by atoms with Crippen molar-refractivity contribution in [1.82, 2.24) is 10.6 Å². The number of para-hydroxylation sites is 1.